The smallest absolute Gasteiger partial charge is 0.166 e. The fraction of sp³-hybridized carbons (Fsp3) is 0.562. The first-order valence-corrected chi connectivity index (χ1v) is 7.17. The van der Waals surface area contributed by atoms with Crippen molar-refractivity contribution in [3.63, 3.8) is 0 Å². The van der Waals surface area contributed by atoms with Gasteiger partial charge in [0.25, 0.3) is 0 Å². The first kappa shape index (κ1) is 12.7. The van der Waals surface area contributed by atoms with Crippen LogP contribution in [0.2, 0.25) is 0 Å². The summed E-state index contributed by atoms with van der Waals surface area (Å²) in [5.41, 5.74) is 1.95. The molecule has 1 aliphatic heterocycles. The molecule has 3 heteroatoms. The van der Waals surface area contributed by atoms with E-state index in [1.165, 1.54) is 5.56 Å². The van der Waals surface area contributed by atoms with E-state index in [2.05, 4.69) is 0 Å². The van der Waals surface area contributed by atoms with Gasteiger partial charge in [-0.1, -0.05) is 12.1 Å². The van der Waals surface area contributed by atoms with Crippen LogP contribution >= 0.6 is 0 Å². The van der Waals surface area contributed by atoms with Crippen LogP contribution in [0.3, 0.4) is 0 Å². The quantitative estimate of drug-likeness (QED) is 0.763. The third-order valence-electron chi connectivity index (χ3n) is 4.08. The average Bonchev–Trinajstić information content (AvgIpc) is 2.84. The molecule has 0 bridgehead atoms. The number of ketones is 1. The van der Waals surface area contributed by atoms with Crippen molar-refractivity contribution in [2.24, 2.45) is 5.92 Å². The van der Waals surface area contributed by atoms with Crippen LogP contribution < -0.4 is 4.74 Å². The van der Waals surface area contributed by atoms with Crippen LogP contribution in [-0.4, -0.2) is 25.1 Å². The second-order valence-corrected chi connectivity index (χ2v) is 5.43. The minimum atomic E-state index is 0.221. The van der Waals surface area contributed by atoms with Gasteiger partial charge in [-0.15, -0.1) is 0 Å². The highest BCUT2D eigenvalue weighted by Crippen LogP contribution is 2.36. The molecule has 0 amide bonds. The molecule has 0 N–H and O–H groups in total. The maximum atomic E-state index is 12.4. The summed E-state index contributed by atoms with van der Waals surface area (Å²) >= 11 is 0. The van der Waals surface area contributed by atoms with Crippen LogP contribution in [0, 0.1) is 5.92 Å². The number of hydrogen-bond donors (Lipinski definition) is 0. The molecule has 1 fully saturated rings. The monoisotopic (exact) mass is 260 g/mol. The lowest BCUT2D eigenvalue weighted by Crippen LogP contribution is -2.32. The van der Waals surface area contributed by atoms with Gasteiger partial charge in [0.15, 0.2) is 5.78 Å². The number of fused-ring (bicyclic) bond motifs is 1. The molecule has 0 unspecified atom stereocenters. The molecule has 102 valence electrons. The maximum Gasteiger partial charge on any atom is 0.166 e. The summed E-state index contributed by atoms with van der Waals surface area (Å²) in [5.74, 6) is 1.54. The number of Topliss-reactive ketones (excluding diaryl/α,β-unsaturated/α-hetero) is 1. The fourth-order valence-electron chi connectivity index (χ4n) is 3.02. The zero-order valence-corrected chi connectivity index (χ0v) is 11.4. The third kappa shape index (κ3) is 2.52. The van der Waals surface area contributed by atoms with E-state index in [0.29, 0.717) is 25.0 Å². The average molecular weight is 260 g/mol. The van der Waals surface area contributed by atoms with Gasteiger partial charge in [0.2, 0.25) is 0 Å². The highest BCUT2D eigenvalue weighted by Gasteiger charge is 2.32. The Labute approximate surface area is 113 Å². The lowest BCUT2D eigenvalue weighted by molar-refractivity contribution is -0.0246. The standard InChI is InChI=1S/C16H20O3/c1-2-18-13-8-11(9-13)10-15(17)14-5-3-4-12-6-7-19-16(12)14/h3-5,11,13H,2,6-10H2,1H3. The predicted octanol–water partition coefficient (Wildman–Crippen LogP) is 3.01. The van der Waals surface area contributed by atoms with Crippen LogP contribution in [-0.2, 0) is 11.2 Å². The van der Waals surface area contributed by atoms with Crippen molar-refractivity contribution in [1.29, 1.82) is 0 Å². The number of carbonyl (C=O) groups is 1. The molecule has 1 aliphatic carbocycles. The molecule has 2 aliphatic rings. The molecule has 0 spiro atoms. The van der Waals surface area contributed by atoms with Crippen LogP contribution in [0.15, 0.2) is 18.2 Å². The Balaban J connectivity index is 1.61. The van der Waals surface area contributed by atoms with Gasteiger partial charge in [0.05, 0.1) is 18.3 Å². The largest absolute Gasteiger partial charge is 0.492 e. The van der Waals surface area contributed by atoms with Gasteiger partial charge in [-0.3, -0.25) is 4.79 Å². The highest BCUT2D eigenvalue weighted by atomic mass is 16.5. The Bertz CT molecular complexity index is 475. The Morgan fingerprint density at radius 2 is 2.26 bits per heavy atom. The molecule has 19 heavy (non-hydrogen) atoms. The minimum Gasteiger partial charge on any atom is -0.492 e. The first-order chi connectivity index (χ1) is 9.28. The maximum absolute atomic E-state index is 12.4. The highest BCUT2D eigenvalue weighted by molar-refractivity contribution is 5.99. The second kappa shape index (κ2) is 5.33. The van der Waals surface area contributed by atoms with Crippen LogP contribution in [0.5, 0.6) is 5.75 Å². The van der Waals surface area contributed by atoms with Crippen molar-refractivity contribution < 1.29 is 14.3 Å². The molecule has 0 atom stereocenters. The molecule has 3 nitrogen and oxygen atoms in total. The summed E-state index contributed by atoms with van der Waals surface area (Å²) in [6.07, 6.45) is 3.97. The normalized spacial score (nSPS) is 24.5. The molecular formula is C16H20O3. The Morgan fingerprint density at radius 3 is 3.05 bits per heavy atom. The molecular weight excluding hydrogens is 240 g/mol. The molecule has 1 heterocycles. The molecule has 0 radical (unpaired) electrons. The van der Waals surface area contributed by atoms with Crippen molar-refractivity contribution in [3.8, 4) is 5.75 Å². The number of benzene rings is 1. The van der Waals surface area contributed by atoms with Crippen molar-refractivity contribution in [2.45, 2.75) is 38.7 Å². The fourth-order valence-corrected chi connectivity index (χ4v) is 3.02. The number of para-hydroxylation sites is 1. The molecule has 1 aromatic rings. The Morgan fingerprint density at radius 1 is 1.42 bits per heavy atom. The van der Waals surface area contributed by atoms with E-state index in [0.717, 1.165) is 37.2 Å². The van der Waals surface area contributed by atoms with E-state index in [4.69, 9.17) is 9.47 Å². The summed E-state index contributed by atoms with van der Waals surface area (Å²) in [5, 5.41) is 0. The van der Waals surface area contributed by atoms with E-state index < -0.39 is 0 Å². The molecule has 1 saturated carbocycles. The van der Waals surface area contributed by atoms with Crippen molar-refractivity contribution in [1.82, 2.24) is 0 Å². The summed E-state index contributed by atoms with van der Waals surface area (Å²) < 4.78 is 11.1. The van der Waals surface area contributed by atoms with Gasteiger partial charge >= 0.3 is 0 Å². The predicted molar refractivity (Wildman–Crippen MR) is 72.7 cm³/mol. The summed E-state index contributed by atoms with van der Waals surface area (Å²) in [7, 11) is 0. The van der Waals surface area contributed by atoms with Gasteiger partial charge < -0.3 is 9.47 Å². The zero-order valence-electron chi connectivity index (χ0n) is 11.4. The van der Waals surface area contributed by atoms with Crippen molar-refractivity contribution in [3.05, 3.63) is 29.3 Å². The number of hydrogen-bond acceptors (Lipinski definition) is 3. The summed E-state index contributed by atoms with van der Waals surface area (Å²) in [4.78, 5) is 12.4. The minimum absolute atomic E-state index is 0.221. The second-order valence-electron chi connectivity index (χ2n) is 5.43. The van der Waals surface area contributed by atoms with Crippen molar-refractivity contribution >= 4 is 5.78 Å². The third-order valence-corrected chi connectivity index (χ3v) is 4.08. The summed E-state index contributed by atoms with van der Waals surface area (Å²) in [6, 6.07) is 5.91. The number of ether oxygens (including phenoxy) is 2. The van der Waals surface area contributed by atoms with Gasteiger partial charge in [-0.05, 0) is 37.3 Å². The molecule has 0 aromatic heterocycles. The van der Waals surface area contributed by atoms with Crippen molar-refractivity contribution in [2.75, 3.05) is 13.2 Å². The summed E-state index contributed by atoms with van der Waals surface area (Å²) in [6.45, 7) is 3.49. The lowest BCUT2D eigenvalue weighted by Gasteiger charge is -2.34. The molecule has 0 saturated heterocycles. The number of rotatable bonds is 5. The van der Waals surface area contributed by atoms with E-state index in [-0.39, 0.29) is 5.78 Å². The Kier molecular flexibility index (Phi) is 3.56. The first-order valence-electron chi connectivity index (χ1n) is 7.17. The molecule has 1 aromatic carbocycles. The van der Waals surface area contributed by atoms with Gasteiger partial charge in [0, 0.05) is 19.4 Å². The van der Waals surface area contributed by atoms with Crippen LogP contribution in [0.1, 0.15) is 42.1 Å². The van der Waals surface area contributed by atoms with Crippen LogP contribution in [0.4, 0.5) is 0 Å². The molecule has 3 rings (SSSR count). The van der Waals surface area contributed by atoms with Gasteiger partial charge in [-0.2, -0.15) is 0 Å². The Hall–Kier alpha value is -1.35. The zero-order chi connectivity index (χ0) is 13.2. The van der Waals surface area contributed by atoms with Gasteiger partial charge in [0.1, 0.15) is 5.75 Å². The van der Waals surface area contributed by atoms with E-state index in [9.17, 15) is 4.79 Å². The van der Waals surface area contributed by atoms with E-state index >= 15 is 0 Å². The van der Waals surface area contributed by atoms with E-state index in [1.807, 2.05) is 25.1 Å². The topological polar surface area (TPSA) is 35.5 Å². The number of carbonyl (C=O) groups excluding carboxylic acids is 1. The van der Waals surface area contributed by atoms with E-state index in [1.54, 1.807) is 0 Å². The van der Waals surface area contributed by atoms with Gasteiger partial charge in [-0.25, -0.2) is 0 Å². The SMILES string of the molecule is CCOC1CC(CC(=O)c2cccc3c2OCC3)C1. The van der Waals surface area contributed by atoms with Crippen LogP contribution in [0.25, 0.3) is 0 Å². The lowest BCUT2D eigenvalue weighted by atomic mass is 9.78.